The lowest BCUT2D eigenvalue weighted by atomic mass is 10.0. The Morgan fingerprint density at radius 1 is 0.750 bits per heavy atom. The van der Waals surface area contributed by atoms with Crippen molar-refractivity contribution in [2.24, 2.45) is 0 Å². The van der Waals surface area contributed by atoms with Crippen molar-refractivity contribution in [1.82, 2.24) is 4.90 Å². The molecule has 144 valence electrons. The summed E-state index contributed by atoms with van der Waals surface area (Å²) in [5.41, 5.74) is 5.16. The highest BCUT2D eigenvalue weighted by Crippen LogP contribution is 2.28. The lowest BCUT2D eigenvalue weighted by Crippen LogP contribution is -2.30. The number of hydrogen-bond donors (Lipinski definition) is 0. The third kappa shape index (κ3) is 4.37. The predicted octanol–water partition coefficient (Wildman–Crippen LogP) is 5.07. The van der Waals surface area contributed by atoms with E-state index in [0.717, 1.165) is 44.9 Å². The average molecular weight is 373 g/mol. The summed E-state index contributed by atoms with van der Waals surface area (Å²) in [6.07, 6.45) is 1.16. The molecule has 0 radical (unpaired) electrons. The molecule has 0 atom stereocenters. The third-order valence-corrected chi connectivity index (χ3v) is 5.45. The Balaban J connectivity index is 1.43. The van der Waals surface area contributed by atoms with Gasteiger partial charge in [0, 0.05) is 32.7 Å². The maximum absolute atomic E-state index is 5.56. The smallest absolute Gasteiger partial charge is 0.142 e. The van der Waals surface area contributed by atoms with Gasteiger partial charge < -0.3 is 9.64 Å². The monoisotopic (exact) mass is 372 g/mol. The van der Waals surface area contributed by atoms with Gasteiger partial charge in [0.05, 0.1) is 12.8 Å². The van der Waals surface area contributed by atoms with Crippen molar-refractivity contribution in [3.63, 3.8) is 0 Å². The summed E-state index contributed by atoms with van der Waals surface area (Å²) >= 11 is 0. The molecule has 0 aromatic heterocycles. The molecular formula is C25H28N2O. The second-order valence-electron chi connectivity index (χ2n) is 7.36. The maximum atomic E-state index is 5.56. The van der Waals surface area contributed by atoms with Gasteiger partial charge in [-0.3, -0.25) is 4.90 Å². The van der Waals surface area contributed by atoms with Gasteiger partial charge in [-0.2, -0.15) is 0 Å². The molecule has 1 aliphatic rings. The molecule has 3 aromatic rings. The first-order valence-corrected chi connectivity index (χ1v) is 10.1. The fraction of sp³-hybridized carbons (Fsp3) is 0.280. The molecule has 3 nitrogen and oxygen atoms in total. The number of benzene rings is 3. The highest BCUT2D eigenvalue weighted by Gasteiger charge is 2.17. The minimum absolute atomic E-state index is 0.964. The van der Waals surface area contributed by atoms with Gasteiger partial charge in [-0.15, -0.1) is 0 Å². The summed E-state index contributed by atoms with van der Waals surface area (Å²) in [4.78, 5) is 5.03. The Labute approximate surface area is 168 Å². The Morgan fingerprint density at radius 3 is 2.39 bits per heavy atom. The van der Waals surface area contributed by atoms with Crippen LogP contribution in [0.1, 0.15) is 12.0 Å². The highest BCUT2D eigenvalue weighted by molar-refractivity contribution is 5.64. The summed E-state index contributed by atoms with van der Waals surface area (Å²) in [5, 5.41) is 0. The van der Waals surface area contributed by atoms with Gasteiger partial charge in [0.25, 0.3) is 0 Å². The zero-order valence-corrected chi connectivity index (χ0v) is 16.6. The number of ether oxygens (including phenoxy) is 1. The van der Waals surface area contributed by atoms with Crippen LogP contribution in [0.2, 0.25) is 0 Å². The van der Waals surface area contributed by atoms with Crippen molar-refractivity contribution in [3.05, 3.63) is 84.4 Å². The molecule has 4 rings (SSSR count). The Hall–Kier alpha value is -2.78. The van der Waals surface area contributed by atoms with Crippen LogP contribution in [0.15, 0.2) is 78.9 Å². The molecule has 1 aliphatic heterocycles. The van der Waals surface area contributed by atoms with Gasteiger partial charge in [-0.05, 0) is 41.3 Å². The van der Waals surface area contributed by atoms with E-state index in [1.165, 1.54) is 22.4 Å². The van der Waals surface area contributed by atoms with Crippen molar-refractivity contribution < 1.29 is 4.74 Å². The fourth-order valence-corrected chi connectivity index (χ4v) is 4.00. The van der Waals surface area contributed by atoms with E-state index in [9.17, 15) is 0 Å². The number of hydrogen-bond acceptors (Lipinski definition) is 3. The summed E-state index contributed by atoms with van der Waals surface area (Å²) in [7, 11) is 1.75. The first-order chi connectivity index (χ1) is 13.8. The van der Waals surface area contributed by atoms with Crippen molar-refractivity contribution >= 4 is 5.69 Å². The molecule has 0 unspecified atom stereocenters. The number of rotatable bonds is 5. The zero-order valence-electron chi connectivity index (χ0n) is 16.6. The third-order valence-electron chi connectivity index (χ3n) is 5.45. The fourth-order valence-electron chi connectivity index (χ4n) is 4.00. The average Bonchev–Trinajstić information content (AvgIpc) is 3.00. The number of anilines is 1. The van der Waals surface area contributed by atoms with E-state index < -0.39 is 0 Å². The van der Waals surface area contributed by atoms with Crippen LogP contribution in [0.25, 0.3) is 11.1 Å². The molecule has 0 aliphatic carbocycles. The van der Waals surface area contributed by atoms with Crippen molar-refractivity contribution in [1.29, 1.82) is 0 Å². The van der Waals surface area contributed by atoms with Gasteiger partial charge in [0.15, 0.2) is 0 Å². The number of nitrogens with zero attached hydrogens (tertiary/aromatic N) is 2. The van der Waals surface area contributed by atoms with Crippen LogP contribution >= 0.6 is 0 Å². The maximum Gasteiger partial charge on any atom is 0.142 e. The van der Waals surface area contributed by atoms with Gasteiger partial charge in [-0.25, -0.2) is 0 Å². The molecular weight excluding hydrogens is 344 g/mol. The van der Waals surface area contributed by atoms with Gasteiger partial charge >= 0.3 is 0 Å². The van der Waals surface area contributed by atoms with Crippen LogP contribution in [-0.4, -0.2) is 38.2 Å². The van der Waals surface area contributed by atoms with Crippen LogP contribution in [-0.2, 0) is 6.54 Å². The lowest BCUT2D eigenvalue weighted by molar-refractivity contribution is 0.285. The molecule has 0 N–H and O–H groups in total. The first kappa shape index (κ1) is 18.6. The normalized spacial score (nSPS) is 15.2. The molecule has 0 saturated carbocycles. The van der Waals surface area contributed by atoms with Crippen molar-refractivity contribution in [2.45, 2.75) is 13.0 Å². The van der Waals surface area contributed by atoms with Crippen LogP contribution in [0.5, 0.6) is 5.75 Å². The zero-order chi connectivity index (χ0) is 19.2. The predicted molar refractivity (Wildman–Crippen MR) is 117 cm³/mol. The van der Waals surface area contributed by atoms with E-state index in [0.29, 0.717) is 0 Å². The van der Waals surface area contributed by atoms with Crippen LogP contribution in [0, 0.1) is 0 Å². The summed E-state index contributed by atoms with van der Waals surface area (Å²) < 4.78 is 5.56. The number of para-hydroxylation sites is 2. The SMILES string of the molecule is COc1ccccc1N1CCCN(Cc2cccc(-c3ccccc3)c2)CC1. The second kappa shape index (κ2) is 8.94. The minimum atomic E-state index is 0.964. The van der Waals surface area contributed by atoms with Gasteiger partial charge in [0.2, 0.25) is 0 Å². The Kier molecular flexibility index (Phi) is 5.93. The molecule has 1 fully saturated rings. The van der Waals surface area contributed by atoms with E-state index in [4.69, 9.17) is 4.74 Å². The minimum Gasteiger partial charge on any atom is -0.495 e. The van der Waals surface area contributed by atoms with Gasteiger partial charge in [0.1, 0.15) is 5.75 Å². The van der Waals surface area contributed by atoms with Crippen molar-refractivity contribution in [2.75, 3.05) is 38.2 Å². The van der Waals surface area contributed by atoms with E-state index in [2.05, 4.69) is 76.5 Å². The topological polar surface area (TPSA) is 15.7 Å². The van der Waals surface area contributed by atoms with Crippen LogP contribution in [0.4, 0.5) is 5.69 Å². The van der Waals surface area contributed by atoms with E-state index in [1.54, 1.807) is 7.11 Å². The van der Waals surface area contributed by atoms with E-state index in [-0.39, 0.29) is 0 Å². The molecule has 3 heteroatoms. The molecule has 1 saturated heterocycles. The second-order valence-corrected chi connectivity index (χ2v) is 7.36. The lowest BCUT2D eigenvalue weighted by Gasteiger charge is -2.25. The quantitative estimate of drug-likeness (QED) is 0.621. The first-order valence-electron chi connectivity index (χ1n) is 10.1. The van der Waals surface area contributed by atoms with E-state index in [1.807, 2.05) is 12.1 Å². The molecule has 0 amide bonds. The summed E-state index contributed by atoms with van der Waals surface area (Å²) in [6.45, 7) is 5.29. The van der Waals surface area contributed by atoms with Crippen LogP contribution in [0.3, 0.4) is 0 Å². The van der Waals surface area contributed by atoms with Crippen LogP contribution < -0.4 is 9.64 Å². The molecule has 0 bridgehead atoms. The standard InChI is InChI=1S/C25H28N2O/c1-28-25-14-6-5-13-24(25)27-16-8-15-26(17-18-27)20-21-9-7-12-23(19-21)22-10-3-2-4-11-22/h2-7,9-14,19H,8,15-18,20H2,1H3. The molecule has 1 heterocycles. The largest absolute Gasteiger partial charge is 0.495 e. The van der Waals surface area contributed by atoms with Gasteiger partial charge in [-0.1, -0.05) is 60.7 Å². The number of methoxy groups -OCH3 is 1. The Morgan fingerprint density at radius 2 is 1.54 bits per heavy atom. The molecule has 0 spiro atoms. The summed E-state index contributed by atoms with van der Waals surface area (Å²) in [6, 6.07) is 27.9. The van der Waals surface area contributed by atoms with E-state index >= 15 is 0 Å². The highest BCUT2D eigenvalue weighted by atomic mass is 16.5. The molecule has 28 heavy (non-hydrogen) atoms. The molecule has 3 aromatic carbocycles. The van der Waals surface area contributed by atoms with Crippen molar-refractivity contribution in [3.8, 4) is 16.9 Å². The Bertz CT molecular complexity index is 894. The summed E-state index contributed by atoms with van der Waals surface area (Å²) in [5.74, 6) is 0.964.